The van der Waals surface area contributed by atoms with Gasteiger partial charge in [0.25, 0.3) is 0 Å². The van der Waals surface area contributed by atoms with Crippen LogP contribution in [0.2, 0.25) is 0 Å². The molecule has 1 aliphatic heterocycles. The fourth-order valence-corrected chi connectivity index (χ4v) is 2.29. The van der Waals surface area contributed by atoms with Crippen LogP contribution in [0.4, 0.5) is 0 Å². The number of benzene rings is 1. The first-order chi connectivity index (χ1) is 8.25. The average molecular weight is 229 g/mol. The normalized spacial score (nSPS) is 21.5. The minimum Gasteiger partial charge on any atom is -0.330 e. The highest BCUT2D eigenvalue weighted by Gasteiger charge is 2.20. The Kier molecular flexibility index (Phi) is 3.97. The van der Waals surface area contributed by atoms with Crippen LogP contribution in [0.25, 0.3) is 0 Å². The zero-order chi connectivity index (χ0) is 12.1. The maximum absolute atomic E-state index is 12.0. The fraction of sp³-hybridized carbons (Fsp3) is 0.400. The van der Waals surface area contributed by atoms with Crippen LogP contribution in [0, 0.1) is 5.92 Å². The van der Waals surface area contributed by atoms with Crippen molar-refractivity contribution in [3.63, 3.8) is 0 Å². The summed E-state index contributed by atoms with van der Waals surface area (Å²) in [5, 5.41) is 2.92. The lowest BCUT2D eigenvalue weighted by molar-refractivity contribution is -0.124. The Balaban J connectivity index is 2.03. The van der Waals surface area contributed by atoms with Gasteiger partial charge in [0.2, 0.25) is 5.91 Å². The van der Waals surface area contributed by atoms with Crippen LogP contribution in [-0.4, -0.2) is 5.91 Å². The summed E-state index contributed by atoms with van der Waals surface area (Å²) in [4.78, 5) is 12.0. The maximum Gasteiger partial charge on any atom is 0.227 e. The van der Waals surface area contributed by atoms with Crippen LogP contribution in [0.3, 0.4) is 0 Å². The molecule has 1 aromatic carbocycles. The number of allylic oxidation sites excluding steroid dienone is 1. The van der Waals surface area contributed by atoms with Crippen molar-refractivity contribution in [3.05, 3.63) is 48.2 Å². The maximum atomic E-state index is 12.0. The molecule has 2 nitrogen and oxygen atoms in total. The molecule has 2 rings (SSSR count). The summed E-state index contributed by atoms with van der Waals surface area (Å²) in [5.41, 5.74) is 2.10. The van der Waals surface area contributed by atoms with Crippen molar-refractivity contribution in [3.8, 4) is 0 Å². The number of hydrogen-bond donors (Lipinski definition) is 1. The van der Waals surface area contributed by atoms with E-state index >= 15 is 0 Å². The molecule has 0 bridgehead atoms. The zero-order valence-corrected chi connectivity index (χ0v) is 10.1. The van der Waals surface area contributed by atoms with Gasteiger partial charge in [0.1, 0.15) is 0 Å². The Labute approximate surface area is 103 Å². The van der Waals surface area contributed by atoms with Crippen LogP contribution in [0.15, 0.2) is 42.6 Å². The van der Waals surface area contributed by atoms with E-state index in [4.69, 9.17) is 0 Å². The molecule has 1 atom stereocenters. The second-order valence-corrected chi connectivity index (χ2v) is 4.73. The van der Waals surface area contributed by atoms with Crippen molar-refractivity contribution >= 4 is 5.91 Å². The lowest BCUT2D eigenvalue weighted by atomic mass is 9.91. The summed E-state index contributed by atoms with van der Waals surface area (Å²) in [5.74, 6) is 0.230. The number of carbonyl (C=O) groups is 1. The van der Waals surface area contributed by atoms with Gasteiger partial charge in [-0.05, 0) is 31.2 Å². The molecule has 1 amide bonds. The third-order valence-corrected chi connectivity index (χ3v) is 3.28. The third-order valence-electron chi connectivity index (χ3n) is 3.28. The molecule has 1 fully saturated rings. The molecule has 2 heteroatoms. The smallest absolute Gasteiger partial charge is 0.227 e. The van der Waals surface area contributed by atoms with Crippen LogP contribution in [0.5, 0.6) is 0 Å². The van der Waals surface area contributed by atoms with Crippen molar-refractivity contribution < 1.29 is 4.79 Å². The Morgan fingerprint density at radius 2 is 2.00 bits per heavy atom. The molecule has 17 heavy (non-hydrogen) atoms. The molecule has 0 spiro atoms. The standard InChI is InChI=1S/C15H19NO/c1-12-7-5-6-10-14(15(17)16-12)11-13-8-3-2-4-9-13/h2-4,8-9,14H,1,5-7,10-11H2,(H,16,17). The number of hydrogen-bond acceptors (Lipinski definition) is 1. The van der Waals surface area contributed by atoms with Gasteiger partial charge in [-0.2, -0.15) is 0 Å². The average Bonchev–Trinajstić information content (AvgIpc) is 2.32. The van der Waals surface area contributed by atoms with Crippen LogP contribution < -0.4 is 5.32 Å². The Morgan fingerprint density at radius 3 is 2.76 bits per heavy atom. The van der Waals surface area contributed by atoms with Crippen molar-refractivity contribution in [2.45, 2.75) is 32.1 Å². The van der Waals surface area contributed by atoms with Crippen LogP contribution in [-0.2, 0) is 11.2 Å². The van der Waals surface area contributed by atoms with Gasteiger partial charge in [0.15, 0.2) is 0 Å². The van der Waals surface area contributed by atoms with Gasteiger partial charge in [-0.25, -0.2) is 0 Å². The fourth-order valence-electron chi connectivity index (χ4n) is 2.29. The summed E-state index contributed by atoms with van der Waals surface area (Å²) >= 11 is 0. The molecule has 90 valence electrons. The quantitative estimate of drug-likeness (QED) is 0.829. The predicted octanol–water partition coefficient (Wildman–Crippen LogP) is 3.05. The highest BCUT2D eigenvalue weighted by Crippen LogP contribution is 2.20. The zero-order valence-electron chi connectivity index (χ0n) is 10.1. The second-order valence-electron chi connectivity index (χ2n) is 4.73. The van der Waals surface area contributed by atoms with E-state index in [9.17, 15) is 4.79 Å². The molecule has 1 heterocycles. The Bertz CT molecular complexity index is 397. The van der Waals surface area contributed by atoms with Crippen molar-refractivity contribution in [1.29, 1.82) is 0 Å². The number of carbonyl (C=O) groups excluding carboxylic acids is 1. The molecule has 1 aromatic rings. The van der Waals surface area contributed by atoms with Gasteiger partial charge in [-0.15, -0.1) is 0 Å². The van der Waals surface area contributed by atoms with Gasteiger partial charge in [-0.3, -0.25) is 4.79 Å². The second kappa shape index (κ2) is 5.67. The van der Waals surface area contributed by atoms with E-state index < -0.39 is 0 Å². The molecule has 1 N–H and O–H groups in total. The van der Waals surface area contributed by atoms with E-state index in [1.54, 1.807) is 0 Å². The van der Waals surface area contributed by atoms with Gasteiger partial charge in [0, 0.05) is 11.6 Å². The van der Waals surface area contributed by atoms with Gasteiger partial charge in [-0.1, -0.05) is 43.3 Å². The van der Waals surface area contributed by atoms with Gasteiger partial charge >= 0.3 is 0 Å². The third kappa shape index (κ3) is 3.45. The minimum absolute atomic E-state index is 0.0921. The highest BCUT2D eigenvalue weighted by molar-refractivity contribution is 5.80. The first-order valence-corrected chi connectivity index (χ1v) is 6.28. The molecule has 1 saturated heterocycles. The van der Waals surface area contributed by atoms with E-state index in [2.05, 4.69) is 24.0 Å². The monoisotopic (exact) mass is 229 g/mol. The van der Waals surface area contributed by atoms with Crippen molar-refractivity contribution in [1.82, 2.24) is 5.32 Å². The lowest BCUT2D eigenvalue weighted by Gasteiger charge is -2.20. The summed E-state index contributed by atoms with van der Waals surface area (Å²) in [6, 6.07) is 10.2. The molecule has 0 saturated carbocycles. The molecule has 0 radical (unpaired) electrons. The van der Waals surface area contributed by atoms with Crippen LogP contribution >= 0.6 is 0 Å². The molecule has 0 aromatic heterocycles. The molecular weight excluding hydrogens is 210 g/mol. The van der Waals surface area contributed by atoms with E-state index in [1.165, 1.54) is 5.56 Å². The lowest BCUT2D eigenvalue weighted by Crippen LogP contribution is -2.32. The van der Waals surface area contributed by atoms with E-state index in [1.807, 2.05) is 18.2 Å². The molecule has 1 unspecified atom stereocenters. The highest BCUT2D eigenvalue weighted by atomic mass is 16.1. The van der Waals surface area contributed by atoms with Gasteiger partial charge < -0.3 is 5.32 Å². The predicted molar refractivity (Wildman–Crippen MR) is 69.4 cm³/mol. The number of amides is 1. The number of nitrogens with one attached hydrogen (secondary N) is 1. The van der Waals surface area contributed by atoms with Crippen molar-refractivity contribution in [2.24, 2.45) is 5.92 Å². The topological polar surface area (TPSA) is 29.1 Å². The van der Waals surface area contributed by atoms with Crippen molar-refractivity contribution in [2.75, 3.05) is 0 Å². The molecule has 1 aliphatic rings. The van der Waals surface area contributed by atoms with Crippen LogP contribution in [0.1, 0.15) is 31.2 Å². The largest absolute Gasteiger partial charge is 0.330 e. The van der Waals surface area contributed by atoms with E-state index in [-0.39, 0.29) is 11.8 Å². The summed E-state index contributed by atoms with van der Waals surface area (Å²) in [6.07, 6.45) is 4.98. The van der Waals surface area contributed by atoms with E-state index in [0.29, 0.717) is 0 Å². The summed E-state index contributed by atoms with van der Waals surface area (Å²) in [7, 11) is 0. The summed E-state index contributed by atoms with van der Waals surface area (Å²) in [6.45, 7) is 3.88. The van der Waals surface area contributed by atoms with E-state index in [0.717, 1.165) is 37.8 Å². The molecule has 0 aliphatic carbocycles. The number of rotatable bonds is 2. The first-order valence-electron chi connectivity index (χ1n) is 6.28. The SMILES string of the molecule is C=C1CCCCC(Cc2ccccc2)C(=O)N1. The Morgan fingerprint density at radius 1 is 1.24 bits per heavy atom. The summed E-state index contributed by atoms with van der Waals surface area (Å²) < 4.78 is 0. The van der Waals surface area contributed by atoms with Gasteiger partial charge in [0.05, 0.1) is 0 Å². The first kappa shape index (κ1) is 11.9. The molecular formula is C15H19NO. The minimum atomic E-state index is 0.0921. The Hall–Kier alpha value is -1.57.